The van der Waals surface area contributed by atoms with Crippen LogP contribution in [0.4, 0.5) is 0 Å². The third-order valence-corrected chi connectivity index (χ3v) is 4.66. The van der Waals surface area contributed by atoms with Crippen LogP contribution in [0.5, 0.6) is 0 Å². The summed E-state index contributed by atoms with van der Waals surface area (Å²) in [6.45, 7) is 12.4. The molecule has 0 bridgehead atoms. The molecule has 1 aliphatic rings. The van der Waals surface area contributed by atoms with Gasteiger partial charge in [-0.15, -0.1) is 0 Å². The van der Waals surface area contributed by atoms with Gasteiger partial charge in [-0.3, -0.25) is 4.90 Å². The maximum Gasteiger partial charge on any atom is 0.0504 e. The first-order chi connectivity index (χ1) is 9.30. The number of aryl methyl sites for hydroxylation is 2. The monoisotopic (exact) mass is 274 g/mol. The van der Waals surface area contributed by atoms with Crippen molar-refractivity contribution in [2.24, 2.45) is 5.73 Å². The summed E-state index contributed by atoms with van der Waals surface area (Å²) >= 11 is 0. The molecule has 0 saturated carbocycles. The second-order valence-corrected chi connectivity index (χ2v) is 7.31. The molecule has 2 atom stereocenters. The molecule has 1 aliphatic heterocycles. The van der Waals surface area contributed by atoms with E-state index in [0.717, 1.165) is 13.0 Å². The van der Waals surface area contributed by atoms with Crippen molar-refractivity contribution in [3.8, 4) is 0 Å². The molecule has 1 aromatic carbocycles. The highest BCUT2D eigenvalue weighted by Crippen LogP contribution is 2.35. The second-order valence-electron chi connectivity index (χ2n) is 7.31. The minimum atomic E-state index is 0.158. The third kappa shape index (κ3) is 3.24. The zero-order valence-electron chi connectivity index (χ0n) is 13.7. The minimum absolute atomic E-state index is 0.158. The standard InChI is InChI=1S/C18H30N2/c1-13-9-10-15(12-14(13)2)17-16(19)8-6-7-11-20(17)18(3,4)5/h9-10,12,16-17H,6-8,11,19H2,1-5H3. The van der Waals surface area contributed by atoms with Crippen LogP contribution >= 0.6 is 0 Å². The summed E-state index contributed by atoms with van der Waals surface area (Å²) in [7, 11) is 0. The van der Waals surface area contributed by atoms with Crippen LogP contribution in [-0.2, 0) is 0 Å². The fourth-order valence-corrected chi connectivity index (χ4v) is 3.32. The Balaban J connectivity index is 2.42. The van der Waals surface area contributed by atoms with Crippen molar-refractivity contribution in [3.05, 3.63) is 34.9 Å². The van der Waals surface area contributed by atoms with Gasteiger partial charge in [-0.25, -0.2) is 0 Å². The van der Waals surface area contributed by atoms with E-state index in [1.807, 2.05) is 0 Å². The van der Waals surface area contributed by atoms with Gasteiger partial charge in [0.1, 0.15) is 0 Å². The highest BCUT2D eigenvalue weighted by atomic mass is 15.2. The Morgan fingerprint density at radius 1 is 1.10 bits per heavy atom. The quantitative estimate of drug-likeness (QED) is 0.840. The number of likely N-dealkylation sites (tertiary alicyclic amines) is 1. The highest BCUT2D eigenvalue weighted by molar-refractivity contribution is 5.32. The number of hydrogen-bond donors (Lipinski definition) is 1. The SMILES string of the molecule is Cc1ccc(C2C(N)CCCCN2C(C)(C)C)cc1C. The lowest BCUT2D eigenvalue weighted by atomic mass is 9.91. The van der Waals surface area contributed by atoms with E-state index in [9.17, 15) is 0 Å². The molecule has 2 nitrogen and oxygen atoms in total. The molecule has 1 aromatic rings. The molecule has 1 heterocycles. The first-order valence-corrected chi connectivity index (χ1v) is 7.90. The van der Waals surface area contributed by atoms with Crippen molar-refractivity contribution in [1.29, 1.82) is 0 Å². The summed E-state index contributed by atoms with van der Waals surface area (Å²) in [6, 6.07) is 7.43. The molecule has 1 saturated heterocycles. The third-order valence-electron chi connectivity index (χ3n) is 4.66. The van der Waals surface area contributed by atoms with E-state index in [1.165, 1.54) is 29.5 Å². The van der Waals surface area contributed by atoms with Gasteiger partial charge in [-0.2, -0.15) is 0 Å². The van der Waals surface area contributed by atoms with Gasteiger partial charge in [-0.1, -0.05) is 24.6 Å². The van der Waals surface area contributed by atoms with Crippen molar-refractivity contribution < 1.29 is 0 Å². The Hall–Kier alpha value is -0.860. The fraction of sp³-hybridized carbons (Fsp3) is 0.667. The average molecular weight is 274 g/mol. The second kappa shape index (κ2) is 5.87. The number of hydrogen-bond acceptors (Lipinski definition) is 2. The van der Waals surface area contributed by atoms with Crippen molar-refractivity contribution in [2.45, 2.75) is 71.5 Å². The van der Waals surface area contributed by atoms with Crippen LogP contribution in [0.15, 0.2) is 18.2 Å². The summed E-state index contributed by atoms with van der Waals surface area (Å²) in [5.74, 6) is 0. The molecule has 0 aromatic heterocycles. The normalized spacial score (nSPS) is 25.5. The van der Waals surface area contributed by atoms with E-state index in [1.54, 1.807) is 0 Å². The summed E-state index contributed by atoms with van der Waals surface area (Å²) in [6.07, 6.45) is 3.63. The number of benzene rings is 1. The van der Waals surface area contributed by atoms with Gasteiger partial charge in [0.15, 0.2) is 0 Å². The predicted molar refractivity (Wildman–Crippen MR) is 86.9 cm³/mol. The molecule has 0 spiro atoms. The summed E-state index contributed by atoms with van der Waals surface area (Å²) in [5.41, 5.74) is 10.8. The number of rotatable bonds is 1. The Morgan fingerprint density at radius 2 is 1.80 bits per heavy atom. The molecular weight excluding hydrogens is 244 g/mol. The van der Waals surface area contributed by atoms with Gasteiger partial charge in [0.05, 0.1) is 6.04 Å². The van der Waals surface area contributed by atoms with E-state index < -0.39 is 0 Å². The highest BCUT2D eigenvalue weighted by Gasteiger charge is 2.35. The Morgan fingerprint density at radius 3 is 2.40 bits per heavy atom. The van der Waals surface area contributed by atoms with Crippen molar-refractivity contribution in [2.75, 3.05) is 6.54 Å². The summed E-state index contributed by atoms with van der Waals surface area (Å²) in [4.78, 5) is 2.61. The predicted octanol–water partition coefficient (Wildman–Crippen LogP) is 3.96. The lowest BCUT2D eigenvalue weighted by Crippen LogP contribution is -2.49. The van der Waals surface area contributed by atoms with Crippen molar-refractivity contribution in [1.82, 2.24) is 4.90 Å². The molecule has 0 aliphatic carbocycles. The smallest absolute Gasteiger partial charge is 0.0504 e. The van der Waals surface area contributed by atoms with Crippen LogP contribution in [0, 0.1) is 13.8 Å². The molecule has 0 radical (unpaired) electrons. The van der Waals surface area contributed by atoms with Gasteiger partial charge in [0, 0.05) is 11.6 Å². The first kappa shape index (κ1) is 15.5. The van der Waals surface area contributed by atoms with E-state index in [0.29, 0.717) is 6.04 Å². The number of nitrogens with zero attached hydrogens (tertiary/aromatic N) is 1. The number of nitrogens with two attached hydrogens (primary N) is 1. The van der Waals surface area contributed by atoms with E-state index in [2.05, 4.69) is 57.7 Å². The summed E-state index contributed by atoms with van der Waals surface area (Å²) < 4.78 is 0. The van der Waals surface area contributed by atoms with Crippen LogP contribution in [-0.4, -0.2) is 23.0 Å². The maximum absolute atomic E-state index is 6.54. The van der Waals surface area contributed by atoms with E-state index in [4.69, 9.17) is 5.73 Å². The van der Waals surface area contributed by atoms with Crippen molar-refractivity contribution >= 4 is 0 Å². The Bertz CT molecular complexity index is 459. The lowest BCUT2D eigenvalue weighted by Gasteiger charge is -2.43. The molecular formula is C18H30N2. The Kier molecular flexibility index (Phi) is 4.55. The largest absolute Gasteiger partial charge is 0.326 e. The van der Waals surface area contributed by atoms with Gasteiger partial charge in [0.25, 0.3) is 0 Å². The molecule has 112 valence electrons. The zero-order valence-corrected chi connectivity index (χ0v) is 13.7. The van der Waals surface area contributed by atoms with Crippen LogP contribution in [0.25, 0.3) is 0 Å². The van der Waals surface area contributed by atoms with Crippen molar-refractivity contribution in [3.63, 3.8) is 0 Å². The molecule has 1 fully saturated rings. The molecule has 2 N–H and O–H groups in total. The average Bonchev–Trinajstić information content (AvgIpc) is 2.54. The minimum Gasteiger partial charge on any atom is -0.326 e. The van der Waals surface area contributed by atoms with Gasteiger partial charge in [0.2, 0.25) is 0 Å². The van der Waals surface area contributed by atoms with Gasteiger partial charge < -0.3 is 5.73 Å². The molecule has 0 amide bonds. The summed E-state index contributed by atoms with van der Waals surface area (Å²) in [5, 5.41) is 0. The Labute approximate surface area is 124 Å². The molecule has 2 rings (SSSR count). The maximum atomic E-state index is 6.54. The van der Waals surface area contributed by atoms with E-state index in [-0.39, 0.29) is 11.6 Å². The van der Waals surface area contributed by atoms with Crippen LogP contribution in [0.3, 0.4) is 0 Å². The van der Waals surface area contributed by atoms with Gasteiger partial charge in [-0.05, 0) is 70.7 Å². The van der Waals surface area contributed by atoms with Crippen LogP contribution in [0.1, 0.15) is 62.8 Å². The fourth-order valence-electron chi connectivity index (χ4n) is 3.32. The van der Waals surface area contributed by atoms with E-state index >= 15 is 0 Å². The molecule has 2 unspecified atom stereocenters. The van der Waals surface area contributed by atoms with Crippen LogP contribution < -0.4 is 5.73 Å². The van der Waals surface area contributed by atoms with Crippen LogP contribution in [0.2, 0.25) is 0 Å². The lowest BCUT2D eigenvalue weighted by molar-refractivity contribution is 0.0755. The molecule has 20 heavy (non-hydrogen) atoms. The van der Waals surface area contributed by atoms with Gasteiger partial charge >= 0.3 is 0 Å². The zero-order chi connectivity index (χ0) is 14.9. The first-order valence-electron chi connectivity index (χ1n) is 7.90. The topological polar surface area (TPSA) is 29.3 Å². The molecule has 2 heteroatoms.